The van der Waals surface area contributed by atoms with Gasteiger partial charge in [0.05, 0.1) is 66.1 Å². The third-order valence-electron chi connectivity index (χ3n) is 15.4. The SMILES string of the molecule is CO[C@H]1/C=C/O[C@@]2(C)Oc3c(C)c(O)c4c(O)c(c(/C=N/N5CCN(Cc6ccc(COC7COc8nc([N+](=O)[O-])cn8C7)cc6)CC5)c(O)c4c3C2=O)NC(=O)/C(C)=C\C=C\[C@H](C)[C@H](O)[C@@H](C)[C@@H](O)[C@@H](C)[C@H](OC(C)=O)[C@@H]1C. The molecular formula is C56H69N7O16. The molecule has 0 saturated carbocycles. The number of nitro groups is 1. The lowest BCUT2D eigenvalue weighted by Crippen LogP contribution is -2.46. The lowest BCUT2D eigenvalue weighted by Gasteiger charge is -2.38. The summed E-state index contributed by atoms with van der Waals surface area (Å²) in [6, 6.07) is 8.19. The van der Waals surface area contributed by atoms with Crippen LogP contribution in [-0.4, -0.2) is 150 Å². The molecule has 0 aliphatic carbocycles. The number of methoxy groups -OCH3 is 1. The summed E-state index contributed by atoms with van der Waals surface area (Å²) in [7, 11) is 1.43. The van der Waals surface area contributed by atoms with Gasteiger partial charge < -0.3 is 69.4 Å². The van der Waals surface area contributed by atoms with Gasteiger partial charge in [0.25, 0.3) is 11.7 Å². The van der Waals surface area contributed by atoms with Crippen molar-refractivity contribution in [2.75, 3.05) is 45.2 Å². The van der Waals surface area contributed by atoms with E-state index >= 15 is 0 Å². The van der Waals surface area contributed by atoms with Crippen molar-refractivity contribution in [3.8, 4) is 29.0 Å². The maximum atomic E-state index is 14.7. The van der Waals surface area contributed by atoms with Crippen molar-refractivity contribution >= 4 is 46.2 Å². The number of anilines is 1. The summed E-state index contributed by atoms with van der Waals surface area (Å²) in [5.41, 5.74) is 1.47. The number of rotatable bonds is 10. The number of esters is 1. The second-order valence-corrected chi connectivity index (χ2v) is 20.9. The number of ketones is 1. The van der Waals surface area contributed by atoms with E-state index < -0.39 is 93.7 Å². The van der Waals surface area contributed by atoms with Gasteiger partial charge in [-0.1, -0.05) is 70.2 Å². The second-order valence-electron chi connectivity index (χ2n) is 20.9. The van der Waals surface area contributed by atoms with Crippen LogP contribution in [0.15, 0.2) is 71.7 Å². The van der Waals surface area contributed by atoms with E-state index in [9.17, 15) is 50.0 Å². The molecule has 5 bridgehead atoms. The van der Waals surface area contributed by atoms with E-state index in [1.165, 1.54) is 65.6 Å². The summed E-state index contributed by atoms with van der Waals surface area (Å²) in [4.78, 5) is 57.8. The van der Waals surface area contributed by atoms with Crippen LogP contribution in [0.25, 0.3) is 10.8 Å². The number of ether oxygens (including phenoxy) is 6. The number of hydrogen-bond acceptors (Lipinski definition) is 20. The molecule has 6 N–H and O–H groups in total. The molecule has 23 heteroatoms. The summed E-state index contributed by atoms with van der Waals surface area (Å²) in [6.45, 7) is 16.1. The van der Waals surface area contributed by atoms with Crippen LogP contribution in [0.5, 0.6) is 29.0 Å². The standard InChI is InChI=1S/C56H69N7O16/c1-29-11-10-12-30(2)54(71)59-45-39(23-57-62-20-18-60(19-21-62)24-36-13-15-37(16-14-36)27-75-38-25-61-26-41(63(72)73)58-55(61)76-28-38)49(68)42-43(50(45)69)48(67)34(6)52-44(42)53(70)56(8,79-52)77-22-17-40(74-9)31(3)51(78-35(7)64)33(5)47(66)32(4)46(29)65/h10-17,22-23,26,29,31-33,38,40,46-47,51,65-69H,18-21,24-25,27-28H2,1-9H3,(H,59,71)/b11-10+,22-17+,30-12-,57-23+/t29-,31+,32+,33+,38?,40-,46-,47+,51+,56-/m0/s1. The minimum absolute atomic E-state index is 0.0266. The Hall–Kier alpha value is -7.57. The van der Waals surface area contributed by atoms with Crippen molar-refractivity contribution in [3.05, 3.63) is 105 Å². The normalized spacial score (nSPS) is 28.6. The molecule has 1 aromatic heterocycles. The number of allylic oxidation sites excluding steroid dienone is 2. The van der Waals surface area contributed by atoms with Crippen LogP contribution in [0.2, 0.25) is 0 Å². The number of imidazole rings is 1. The van der Waals surface area contributed by atoms with Crippen LogP contribution in [0.3, 0.4) is 0 Å². The van der Waals surface area contributed by atoms with Crippen molar-refractivity contribution in [2.24, 2.45) is 28.8 Å². The molecule has 4 aromatic rings. The zero-order valence-electron chi connectivity index (χ0n) is 45.6. The Morgan fingerprint density at radius 3 is 2.33 bits per heavy atom. The van der Waals surface area contributed by atoms with Gasteiger partial charge in [0.1, 0.15) is 42.3 Å². The molecule has 79 heavy (non-hydrogen) atoms. The summed E-state index contributed by atoms with van der Waals surface area (Å²) in [6.07, 6.45) is 5.69. The number of aliphatic hydroxyl groups excluding tert-OH is 2. The lowest BCUT2D eigenvalue weighted by atomic mass is 9.78. The van der Waals surface area contributed by atoms with Crippen LogP contribution < -0.4 is 14.8 Å². The lowest BCUT2D eigenvalue weighted by molar-refractivity contribution is -0.389. The molecule has 5 aliphatic heterocycles. The number of nitrogens with zero attached hydrogens (tertiary/aromatic N) is 6. The van der Waals surface area contributed by atoms with Gasteiger partial charge in [0, 0.05) is 98.9 Å². The summed E-state index contributed by atoms with van der Waals surface area (Å²) >= 11 is 0. The third-order valence-corrected chi connectivity index (χ3v) is 15.4. The number of Topliss-reactive ketones (excluding diaryl/α,β-unsaturated/α-hetero) is 1. The Morgan fingerprint density at radius 1 is 0.962 bits per heavy atom. The minimum Gasteiger partial charge on any atom is -0.507 e. The average Bonchev–Trinajstić information content (AvgIpc) is 3.99. The zero-order valence-corrected chi connectivity index (χ0v) is 45.6. The summed E-state index contributed by atoms with van der Waals surface area (Å²) < 4.78 is 37.0. The van der Waals surface area contributed by atoms with Gasteiger partial charge in [-0.25, -0.2) is 0 Å². The minimum atomic E-state index is -2.09. The molecule has 3 aromatic carbocycles. The van der Waals surface area contributed by atoms with Gasteiger partial charge in [0.15, 0.2) is 5.75 Å². The highest BCUT2D eigenvalue weighted by molar-refractivity contribution is 6.23. The fourth-order valence-corrected chi connectivity index (χ4v) is 10.5. The van der Waals surface area contributed by atoms with Crippen molar-refractivity contribution in [3.63, 3.8) is 0 Å². The van der Waals surface area contributed by atoms with Crippen LogP contribution in [0.1, 0.15) is 81.1 Å². The number of carbonyl (C=O) groups excluding carboxylic acids is 3. The van der Waals surface area contributed by atoms with E-state index in [4.69, 9.17) is 33.5 Å². The number of aromatic nitrogens is 2. The zero-order chi connectivity index (χ0) is 57.2. The quantitative estimate of drug-likeness (QED) is 0.0265. The van der Waals surface area contributed by atoms with Crippen molar-refractivity contribution < 1.29 is 73.3 Å². The number of hydrazone groups is 1. The van der Waals surface area contributed by atoms with E-state index in [0.29, 0.717) is 45.9 Å². The van der Waals surface area contributed by atoms with Crippen molar-refractivity contribution in [2.45, 2.75) is 111 Å². The predicted molar refractivity (Wildman–Crippen MR) is 288 cm³/mol. The molecule has 9 rings (SSSR count). The fraction of sp³-hybridized carbons (Fsp3) is 0.482. The number of amides is 1. The molecule has 1 unspecified atom stereocenters. The molecule has 424 valence electrons. The van der Waals surface area contributed by atoms with Crippen LogP contribution >= 0.6 is 0 Å². The van der Waals surface area contributed by atoms with Crippen LogP contribution in [0.4, 0.5) is 11.5 Å². The summed E-state index contributed by atoms with van der Waals surface area (Å²) in [5.74, 6) is -9.03. The molecule has 6 heterocycles. The first-order valence-corrected chi connectivity index (χ1v) is 26.1. The van der Waals surface area contributed by atoms with E-state index in [-0.39, 0.29) is 69.0 Å². The van der Waals surface area contributed by atoms with E-state index in [2.05, 4.69) is 15.2 Å². The summed E-state index contributed by atoms with van der Waals surface area (Å²) in [5, 5.41) is 79.1. The first-order valence-electron chi connectivity index (χ1n) is 26.1. The molecule has 1 amide bonds. The van der Waals surface area contributed by atoms with Gasteiger partial charge in [0.2, 0.25) is 0 Å². The number of piperazine rings is 1. The smallest absolute Gasteiger partial charge is 0.414 e. The van der Waals surface area contributed by atoms with Gasteiger partial charge in [-0.2, -0.15) is 5.10 Å². The number of hydrogen-bond donors (Lipinski definition) is 6. The number of nitrogens with one attached hydrogen (secondary N) is 1. The van der Waals surface area contributed by atoms with Crippen LogP contribution in [0, 0.1) is 40.7 Å². The Bertz CT molecular complexity index is 3090. The topological polar surface area (TPSA) is 300 Å². The average molecular weight is 1100 g/mol. The maximum absolute atomic E-state index is 14.7. The van der Waals surface area contributed by atoms with Gasteiger partial charge in [-0.3, -0.25) is 28.9 Å². The Labute approximate surface area is 456 Å². The molecule has 10 atom stereocenters. The molecule has 23 nitrogen and oxygen atoms in total. The number of fused-ring (bicyclic) bond motifs is 15. The number of aromatic hydroxyl groups is 3. The monoisotopic (exact) mass is 1100 g/mol. The molecule has 0 spiro atoms. The van der Waals surface area contributed by atoms with E-state index in [1.807, 2.05) is 24.3 Å². The van der Waals surface area contributed by atoms with Crippen molar-refractivity contribution in [1.82, 2.24) is 19.5 Å². The number of carbonyl (C=O) groups is 3. The van der Waals surface area contributed by atoms with Gasteiger partial charge >= 0.3 is 23.6 Å². The largest absolute Gasteiger partial charge is 0.507 e. The van der Waals surface area contributed by atoms with Gasteiger partial charge in [-0.15, -0.1) is 0 Å². The van der Waals surface area contributed by atoms with E-state index in [0.717, 1.165) is 11.1 Å². The maximum Gasteiger partial charge on any atom is 0.414 e. The number of benzene rings is 3. The number of phenols is 3. The molecule has 5 aliphatic rings. The second kappa shape index (κ2) is 23.8. The highest BCUT2D eigenvalue weighted by Crippen LogP contribution is 2.55. The molecular weight excluding hydrogens is 1030 g/mol. The fourth-order valence-electron chi connectivity index (χ4n) is 10.5. The first-order chi connectivity index (χ1) is 37.5. The van der Waals surface area contributed by atoms with Gasteiger partial charge in [-0.05, 0) is 36.0 Å². The molecule has 0 radical (unpaired) electrons. The number of phenolic OH excluding ortho intramolecular Hbond substituents is 3. The molecule has 1 saturated heterocycles. The first kappa shape index (κ1) is 57.6. The van der Waals surface area contributed by atoms with E-state index in [1.54, 1.807) is 49.4 Å². The third kappa shape index (κ3) is 12.1. The Balaban J connectivity index is 1.05. The van der Waals surface area contributed by atoms with Crippen LogP contribution in [-0.2, 0) is 48.2 Å². The Morgan fingerprint density at radius 2 is 1.66 bits per heavy atom. The Kier molecular flexibility index (Phi) is 17.4. The highest BCUT2D eigenvalue weighted by atomic mass is 16.7. The van der Waals surface area contributed by atoms with Crippen molar-refractivity contribution in [1.29, 1.82) is 0 Å². The predicted octanol–water partition coefficient (Wildman–Crippen LogP) is 5.99. The highest BCUT2D eigenvalue weighted by Gasteiger charge is 2.50. The number of aliphatic hydroxyl groups is 2. The molecule has 1 fully saturated rings.